The van der Waals surface area contributed by atoms with Crippen LogP contribution in [0.25, 0.3) is 10.8 Å². The molecule has 6 heteroatoms. The van der Waals surface area contributed by atoms with Gasteiger partial charge in [0.2, 0.25) is 5.76 Å². The molecule has 0 aliphatic rings. The number of carbonyl (C=O) groups excluding carboxylic acids is 2. The van der Waals surface area contributed by atoms with Crippen LogP contribution < -0.4 is 0 Å². The predicted molar refractivity (Wildman–Crippen MR) is 102 cm³/mol. The average molecular weight is 372 g/mol. The van der Waals surface area contributed by atoms with Crippen molar-refractivity contribution in [1.29, 1.82) is 0 Å². The van der Waals surface area contributed by atoms with Crippen LogP contribution in [0.2, 0.25) is 0 Å². The van der Waals surface area contributed by atoms with Crippen LogP contribution in [0, 0.1) is 0 Å². The van der Waals surface area contributed by atoms with Crippen LogP contribution in [0.5, 0.6) is 0 Å². The van der Waals surface area contributed by atoms with Crippen LogP contribution in [0.3, 0.4) is 0 Å². The fraction of sp³-hybridized carbons (Fsp3) is 0.200. The monoisotopic (exact) mass is 372 g/mol. The molecule has 0 aromatic heterocycles. The number of hydrogen-bond acceptors (Lipinski definition) is 6. The molecule has 0 heterocycles. The number of aliphatic hydroxyl groups is 1. The highest BCUT2D eigenvalue weighted by atomic mass is 32.2. The van der Waals surface area contributed by atoms with E-state index in [9.17, 15) is 14.7 Å². The third-order valence-electron chi connectivity index (χ3n) is 3.30. The zero-order chi connectivity index (χ0) is 18.9. The second-order valence-corrected chi connectivity index (χ2v) is 6.25. The highest BCUT2D eigenvalue weighted by Crippen LogP contribution is 2.30. The van der Waals surface area contributed by atoms with Crippen LogP contribution in [0.1, 0.15) is 13.8 Å². The summed E-state index contributed by atoms with van der Waals surface area (Å²) in [6.07, 6.45) is 2.49. The fourth-order valence-corrected chi connectivity index (χ4v) is 2.99. The highest BCUT2D eigenvalue weighted by molar-refractivity contribution is 8.04. The Morgan fingerprint density at radius 2 is 1.62 bits per heavy atom. The van der Waals surface area contributed by atoms with Crippen LogP contribution in [0.4, 0.5) is 0 Å². The number of fused-ring (bicyclic) bond motifs is 1. The van der Waals surface area contributed by atoms with Crippen LogP contribution in [0.15, 0.2) is 70.2 Å². The maximum absolute atomic E-state index is 12.2. The number of benzene rings is 2. The molecule has 2 rings (SSSR count). The number of rotatable bonds is 7. The molecular weight excluding hydrogens is 352 g/mol. The van der Waals surface area contributed by atoms with Crippen LogP contribution in [-0.4, -0.2) is 30.3 Å². The van der Waals surface area contributed by atoms with Crippen molar-refractivity contribution >= 4 is 34.5 Å². The van der Waals surface area contributed by atoms with Crippen LogP contribution >= 0.6 is 11.8 Å². The molecule has 5 nitrogen and oxygen atoms in total. The Morgan fingerprint density at radius 3 is 2.31 bits per heavy atom. The summed E-state index contributed by atoms with van der Waals surface area (Å²) in [5, 5.41) is 11.8. The molecule has 0 atom stereocenters. The van der Waals surface area contributed by atoms with Gasteiger partial charge >= 0.3 is 11.9 Å². The van der Waals surface area contributed by atoms with Gasteiger partial charge in [-0.3, -0.25) is 0 Å². The van der Waals surface area contributed by atoms with Crippen molar-refractivity contribution in [3.05, 3.63) is 65.3 Å². The van der Waals surface area contributed by atoms with Crippen LogP contribution in [-0.2, 0) is 19.1 Å². The lowest BCUT2D eigenvalue weighted by Gasteiger charge is -2.07. The van der Waals surface area contributed by atoms with Gasteiger partial charge in [-0.15, -0.1) is 0 Å². The molecule has 0 bridgehead atoms. The Morgan fingerprint density at radius 1 is 0.962 bits per heavy atom. The number of hydrogen-bond donors (Lipinski definition) is 1. The molecule has 26 heavy (non-hydrogen) atoms. The lowest BCUT2D eigenvalue weighted by Crippen LogP contribution is -2.07. The lowest BCUT2D eigenvalue weighted by molar-refractivity contribution is -0.141. The molecule has 0 fully saturated rings. The fourth-order valence-electron chi connectivity index (χ4n) is 2.13. The summed E-state index contributed by atoms with van der Waals surface area (Å²) in [7, 11) is 0. The first-order valence-electron chi connectivity index (χ1n) is 8.17. The summed E-state index contributed by atoms with van der Waals surface area (Å²) >= 11 is 1.20. The van der Waals surface area contributed by atoms with E-state index in [1.807, 2.05) is 42.5 Å². The zero-order valence-electron chi connectivity index (χ0n) is 14.6. The molecule has 0 spiro atoms. The van der Waals surface area contributed by atoms with Crippen molar-refractivity contribution < 1.29 is 24.2 Å². The van der Waals surface area contributed by atoms with E-state index < -0.39 is 17.7 Å². The molecular formula is C20H20O5S. The van der Waals surface area contributed by atoms with E-state index in [0.29, 0.717) is 0 Å². The standard InChI is InChI=1S/C20H20O5S/c1-3-24-19(22)17(21)11-12-18(20(23)25-4-2)26-16-10-9-14-7-5-6-8-15(14)13-16/h5-13,21H,3-4H2,1-2H3/b17-11-,18-12-. The largest absolute Gasteiger partial charge is 0.502 e. The van der Waals surface area contributed by atoms with Crippen molar-refractivity contribution in [3.8, 4) is 0 Å². The topological polar surface area (TPSA) is 72.8 Å². The number of thioether (sulfide) groups is 1. The van der Waals surface area contributed by atoms with Crippen molar-refractivity contribution in [3.63, 3.8) is 0 Å². The second-order valence-electron chi connectivity index (χ2n) is 5.13. The first kappa shape index (κ1) is 19.6. The van der Waals surface area contributed by atoms with E-state index in [1.54, 1.807) is 13.8 Å². The van der Waals surface area contributed by atoms with Gasteiger partial charge in [0.25, 0.3) is 0 Å². The van der Waals surface area contributed by atoms with Crippen molar-refractivity contribution in [2.75, 3.05) is 13.2 Å². The number of allylic oxidation sites excluding steroid dienone is 2. The Balaban J connectivity index is 2.28. The summed E-state index contributed by atoms with van der Waals surface area (Å²) in [4.78, 5) is 24.7. The van der Waals surface area contributed by atoms with Gasteiger partial charge in [0, 0.05) is 4.90 Å². The van der Waals surface area contributed by atoms with Gasteiger partial charge in [-0.05, 0) is 48.9 Å². The molecule has 0 unspecified atom stereocenters. The normalized spacial score (nSPS) is 12.1. The highest BCUT2D eigenvalue weighted by Gasteiger charge is 2.14. The molecule has 1 N–H and O–H groups in total. The van der Waals surface area contributed by atoms with Gasteiger partial charge < -0.3 is 14.6 Å². The van der Waals surface area contributed by atoms with E-state index in [-0.39, 0.29) is 18.1 Å². The number of ether oxygens (including phenoxy) is 2. The number of carbonyl (C=O) groups is 2. The Bertz CT molecular complexity index is 854. The molecule has 0 saturated carbocycles. The summed E-state index contributed by atoms with van der Waals surface area (Å²) in [5.74, 6) is -1.95. The lowest BCUT2D eigenvalue weighted by atomic mass is 10.1. The van der Waals surface area contributed by atoms with Gasteiger partial charge in [0.15, 0.2) is 0 Å². The van der Waals surface area contributed by atoms with Gasteiger partial charge in [-0.2, -0.15) is 0 Å². The Kier molecular flexibility index (Phi) is 7.29. The molecule has 2 aromatic rings. The molecule has 0 radical (unpaired) electrons. The zero-order valence-corrected chi connectivity index (χ0v) is 15.4. The summed E-state index contributed by atoms with van der Waals surface area (Å²) in [6, 6.07) is 13.7. The predicted octanol–water partition coefficient (Wildman–Crippen LogP) is 4.38. The van der Waals surface area contributed by atoms with Gasteiger partial charge in [0.1, 0.15) is 0 Å². The Hall–Kier alpha value is -2.73. The molecule has 2 aromatic carbocycles. The van der Waals surface area contributed by atoms with Gasteiger partial charge in [-0.1, -0.05) is 42.1 Å². The van der Waals surface area contributed by atoms with E-state index in [1.165, 1.54) is 17.8 Å². The second kappa shape index (κ2) is 9.68. The van der Waals surface area contributed by atoms with Gasteiger partial charge in [-0.25, -0.2) is 9.59 Å². The first-order chi connectivity index (χ1) is 12.5. The average Bonchev–Trinajstić information content (AvgIpc) is 2.65. The third kappa shape index (κ3) is 5.39. The SMILES string of the molecule is CCOC(=O)/C(O)=C/C=C(\Sc1ccc2ccccc2c1)C(=O)OCC. The number of esters is 2. The maximum atomic E-state index is 12.2. The maximum Gasteiger partial charge on any atom is 0.373 e. The first-order valence-corrected chi connectivity index (χ1v) is 8.98. The summed E-state index contributed by atoms with van der Waals surface area (Å²) in [6.45, 7) is 3.72. The smallest absolute Gasteiger partial charge is 0.373 e. The molecule has 136 valence electrons. The van der Waals surface area contributed by atoms with Gasteiger partial charge in [0.05, 0.1) is 18.1 Å². The minimum Gasteiger partial charge on any atom is -0.502 e. The minimum absolute atomic E-state index is 0.150. The van der Waals surface area contributed by atoms with E-state index in [0.717, 1.165) is 21.7 Å². The van der Waals surface area contributed by atoms with Crippen molar-refractivity contribution in [2.24, 2.45) is 0 Å². The van der Waals surface area contributed by atoms with E-state index in [4.69, 9.17) is 9.47 Å². The quantitative estimate of drug-likeness (QED) is 0.256. The minimum atomic E-state index is -0.845. The Labute approximate surface area is 156 Å². The van der Waals surface area contributed by atoms with E-state index in [2.05, 4.69) is 0 Å². The van der Waals surface area contributed by atoms with Crippen molar-refractivity contribution in [2.45, 2.75) is 18.7 Å². The van der Waals surface area contributed by atoms with Crippen molar-refractivity contribution in [1.82, 2.24) is 0 Å². The third-order valence-corrected chi connectivity index (χ3v) is 4.31. The van der Waals surface area contributed by atoms with E-state index >= 15 is 0 Å². The number of aliphatic hydroxyl groups excluding tert-OH is 1. The molecule has 0 saturated heterocycles. The summed E-state index contributed by atoms with van der Waals surface area (Å²) in [5.41, 5.74) is 0. The molecule has 0 amide bonds. The summed E-state index contributed by atoms with van der Waals surface area (Å²) < 4.78 is 9.75. The molecule has 0 aliphatic heterocycles. The molecule has 0 aliphatic carbocycles.